The van der Waals surface area contributed by atoms with Gasteiger partial charge in [-0.05, 0) is 17.4 Å². The number of halogens is 1. The van der Waals surface area contributed by atoms with Gasteiger partial charge in [0.15, 0.2) is 5.16 Å². The van der Waals surface area contributed by atoms with E-state index in [1.54, 1.807) is 6.26 Å². The van der Waals surface area contributed by atoms with Crippen molar-refractivity contribution in [1.29, 1.82) is 0 Å². The molecule has 0 bridgehead atoms. The van der Waals surface area contributed by atoms with Gasteiger partial charge in [-0.1, -0.05) is 72.4 Å². The molecule has 2 rings (SSSR count). The minimum Gasteiger partial charge on any atom is -0.199 e. The van der Waals surface area contributed by atoms with Gasteiger partial charge in [-0.15, -0.1) is 0 Å². The smallest absolute Gasteiger partial charge is 0.164 e. The van der Waals surface area contributed by atoms with Crippen LogP contribution in [-0.2, 0) is 0 Å². The van der Waals surface area contributed by atoms with E-state index in [1.807, 2.05) is 60.7 Å². The first-order valence-electron chi connectivity index (χ1n) is 5.37. The van der Waals surface area contributed by atoms with E-state index in [2.05, 4.69) is 0 Å². The number of thioether (sulfide) groups is 1. The summed E-state index contributed by atoms with van der Waals surface area (Å²) in [4.78, 5) is 0. The van der Waals surface area contributed by atoms with Crippen LogP contribution in [0.5, 0.6) is 0 Å². The predicted molar refractivity (Wildman–Crippen MR) is 73.5 cm³/mol. The van der Waals surface area contributed by atoms with Crippen LogP contribution in [0.2, 0.25) is 0 Å². The molecule has 2 aromatic rings. The van der Waals surface area contributed by atoms with Crippen LogP contribution in [0.25, 0.3) is 5.57 Å². The van der Waals surface area contributed by atoms with Crippen molar-refractivity contribution in [2.45, 2.75) is 0 Å². The van der Waals surface area contributed by atoms with E-state index in [9.17, 15) is 4.39 Å². The Morgan fingerprint density at radius 2 is 1.24 bits per heavy atom. The summed E-state index contributed by atoms with van der Waals surface area (Å²) in [5.41, 5.74) is 2.48. The standard InChI is InChI=1S/C15H13FS/c1-17-15(16)14(12-8-4-2-5-9-12)13-10-6-3-7-11-13/h2-11H,1H3. The molecule has 0 nitrogen and oxygen atoms in total. The molecule has 0 fully saturated rings. The molecule has 0 unspecified atom stereocenters. The van der Waals surface area contributed by atoms with Crippen molar-refractivity contribution in [3.05, 3.63) is 76.9 Å². The van der Waals surface area contributed by atoms with Crippen LogP contribution in [0.3, 0.4) is 0 Å². The summed E-state index contributed by atoms with van der Waals surface area (Å²) in [5.74, 6) is 0. The molecular weight excluding hydrogens is 231 g/mol. The van der Waals surface area contributed by atoms with Crippen molar-refractivity contribution in [2.75, 3.05) is 6.26 Å². The number of hydrogen-bond donors (Lipinski definition) is 0. The lowest BCUT2D eigenvalue weighted by atomic mass is 9.99. The molecule has 0 heterocycles. The second-order valence-electron chi connectivity index (χ2n) is 3.58. The van der Waals surface area contributed by atoms with Gasteiger partial charge in [-0.3, -0.25) is 0 Å². The highest BCUT2D eigenvalue weighted by Gasteiger charge is 2.10. The monoisotopic (exact) mass is 244 g/mol. The molecule has 2 heteroatoms. The van der Waals surface area contributed by atoms with Gasteiger partial charge in [0.05, 0.1) is 0 Å². The lowest BCUT2D eigenvalue weighted by Gasteiger charge is -2.09. The Hall–Kier alpha value is -1.54. The Morgan fingerprint density at radius 3 is 1.59 bits per heavy atom. The fraction of sp³-hybridized carbons (Fsp3) is 0.0667. The molecule has 0 amide bonds. The average Bonchev–Trinajstić information content (AvgIpc) is 2.41. The molecule has 2 aromatic carbocycles. The maximum atomic E-state index is 14.0. The van der Waals surface area contributed by atoms with Crippen molar-refractivity contribution < 1.29 is 4.39 Å². The SMILES string of the molecule is CSC(F)=C(c1ccccc1)c1ccccc1. The molecule has 0 N–H and O–H groups in total. The highest BCUT2D eigenvalue weighted by molar-refractivity contribution is 8.02. The third-order valence-electron chi connectivity index (χ3n) is 2.50. The van der Waals surface area contributed by atoms with Gasteiger partial charge in [-0.25, -0.2) is 0 Å². The minimum atomic E-state index is -0.151. The number of benzene rings is 2. The van der Waals surface area contributed by atoms with E-state index in [0.29, 0.717) is 5.57 Å². The molecule has 0 saturated heterocycles. The van der Waals surface area contributed by atoms with Crippen LogP contribution in [0, 0.1) is 0 Å². The Morgan fingerprint density at radius 1 is 0.824 bits per heavy atom. The Labute approximate surface area is 105 Å². The van der Waals surface area contributed by atoms with Gasteiger partial charge in [0.2, 0.25) is 0 Å². The molecule has 17 heavy (non-hydrogen) atoms. The van der Waals surface area contributed by atoms with Crippen molar-refractivity contribution in [3.8, 4) is 0 Å². The van der Waals surface area contributed by atoms with Crippen molar-refractivity contribution in [1.82, 2.24) is 0 Å². The largest absolute Gasteiger partial charge is 0.199 e. The summed E-state index contributed by atoms with van der Waals surface area (Å²) in [7, 11) is 0. The quantitative estimate of drug-likeness (QED) is 0.751. The molecule has 0 spiro atoms. The van der Waals surface area contributed by atoms with Gasteiger partial charge >= 0.3 is 0 Å². The summed E-state index contributed by atoms with van der Waals surface area (Å²) in [6.45, 7) is 0. The third-order valence-corrected chi connectivity index (χ3v) is 3.06. The summed E-state index contributed by atoms with van der Waals surface area (Å²) < 4.78 is 14.0. The van der Waals surface area contributed by atoms with Crippen LogP contribution in [0.15, 0.2) is 65.8 Å². The number of hydrogen-bond acceptors (Lipinski definition) is 1. The highest BCUT2D eigenvalue weighted by Crippen LogP contribution is 2.32. The van der Waals surface area contributed by atoms with E-state index in [0.717, 1.165) is 22.9 Å². The van der Waals surface area contributed by atoms with Gasteiger partial charge in [0, 0.05) is 5.57 Å². The van der Waals surface area contributed by atoms with E-state index in [4.69, 9.17) is 0 Å². The summed E-state index contributed by atoms with van der Waals surface area (Å²) in [6, 6.07) is 19.3. The van der Waals surface area contributed by atoms with Crippen LogP contribution < -0.4 is 0 Å². The third kappa shape index (κ3) is 2.77. The number of rotatable bonds is 3. The van der Waals surface area contributed by atoms with Crippen molar-refractivity contribution in [2.24, 2.45) is 0 Å². The van der Waals surface area contributed by atoms with Gasteiger partial charge in [-0.2, -0.15) is 4.39 Å². The first kappa shape index (κ1) is 11.9. The Kier molecular flexibility index (Phi) is 3.99. The average molecular weight is 244 g/mol. The maximum absolute atomic E-state index is 14.0. The molecule has 0 saturated carbocycles. The fourth-order valence-electron chi connectivity index (χ4n) is 1.71. The summed E-state index contributed by atoms with van der Waals surface area (Å²) in [6.07, 6.45) is 1.75. The van der Waals surface area contributed by atoms with Gasteiger partial charge in [0.1, 0.15) is 0 Å². The normalized spacial score (nSPS) is 10.0. The molecule has 0 aromatic heterocycles. The second kappa shape index (κ2) is 5.69. The van der Waals surface area contributed by atoms with Gasteiger partial charge in [0.25, 0.3) is 0 Å². The molecule has 0 atom stereocenters. The molecule has 0 aliphatic carbocycles. The van der Waals surface area contributed by atoms with Crippen LogP contribution in [0.1, 0.15) is 11.1 Å². The molecule has 0 aliphatic heterocycles. The van der Waals surface area contributed by atoms with Crippen molar-refractivity contribution in [3.63, 3.8) is 0 Å². The topological polar surface area (TPSA) is 0 Å². The molecule has 0 radical (unpaired) electrons. The van der Waals surface area contributed by atoms with Crippen LogP contribution >= 0.6 is 11.8 Å². The van der Waals surface area contributed by atoms with Crippen molar-refractivity contribution >= 4 is 17.3 Å². The molecular formula is C15H13FS. The highest BCUT2D eigenvalue weighted by atomic mass is 32.2. The first-order valence-corrected chi connectivity index (χ1v) is 6.60. The summed E-state index contributed by atoms with van der Waals surface area (Å²) in [5, 5.41) is -0.151. The lowest BCUT2D eigenvalue weighted by molar-refractivity contribution is 0.703. The minimum absolute atomic E-state index is 0.151. The Balaban J connectivity index is 2.56. The summed E-state index contributed by atoms with van der Waals surface area (Å²) >= 11 is 1.14. The maximum Gasteiger partial charge on any atom is 0.164 e. The van der Waals surface area contributed by atoms with E-state index in [-0.39, 0.29) is 5.16 Å². The fourth-order valence-corrected chi connectivity index (χ4v) is 2.15. The van der Waals surface area contributed by atoms with E-state index >= 15 is 0 Å². The first-order chi connectivity index (χ1) is 8.33. The predicted octanol–water partition coefficient (Wildman–Crippen LogP) is 4.74. The zero-order chi connectivity index (χ0) is 12.1. The molecule has 86 valence electrons. The van der Waals surface area contributed by atoms with E-state index < -0.39 is 0 Å². The zero-order valence-corrected chi connectivity index (χ0v) is 10.4. The van der Waals surface area contributed by atoms with Crippen LogP contribution in [-0.4, -0.2) is 6.26 Å². The lowest BCUT2D eigenvalue weighted by Crippen LogP contribution is -1.89. The molecule has 0 aliphatic rings. The second-order valence-corrected chi connectivity index (χ2v) is 4.35. The van der Waals surface area contributed by atoms with Crippen LogP contribution in [0.4, 0.5) is 4.39 Å². The van der Waals surface area contributed by atoms with E-state index in [1.165, 1.54) is 0 Å². The zero-order valence-electron chi connectivity index (χ0n) is 9.56. The van der Waals surface area contributed by atoms with Gasteiger partial charge < -0.3 is 0 Å². The Bertz CT molecular complexity index is 461.